The number of pyridine rings is 6. The smallest absolute Gasteiger partial charge is 0.265 e. The summed E-state index contributed by atoms with van der Waals surface area (Å²) in [5.74, 6) is 0. The van der Waals surface area contributed by atoms with Gasteiger partial charge in [-0.25, -0.2) is 29.9 Å². The third-order valence-corrected chi connectivity index (χ3v) is 24.0. The largest absolute Gasteiger partial charge is 0.268 e. The quantitative estimate of drug-likeness (QED) is 0.130. The lowest BCUT2D eigenvalue weighted by molar-refractivity contribution is 1.18. The van der Waals surface area contributed by atoms with Crippen LogP contribution in [0.15, 0.2) is 238 Å². The summed E-state index contributed by atoms with van der Waals surface area (Å²) in [6, 6.07) is 56.8. The van der Waals surface area contributed by atoms with Gasteiger partial charge in [-0.2, -0.15) is 0 Å². The highest BCUT2D eigenvalue weighted by Crippen LogP contribution is 2.47. The van der Waals surface area contributed by atoms with Crippen molar-refractivity contribution in [3.63, 3.8) is 0 Å². The van der Waals surface area contributed by atoms with E-state index in [1.807, 2.05) is 182 Å². The predicted molar refractivity (Wildman–Crippen MR) is 425 cm³/mol. The summed E-state index contributed by atoms with van der Waals surface area (Å²) >= 11 is 22.1. The molecule has 0 atom stereocenters. The molecule has 24 rings (SSSR count). The molecule has 24 aromatic rings. The minimum Gasteiger partial charge on any atom is -0.268 e. The third kappa shape index (κ3) is 7.34. The number of fused-ring (bicyclic) bond motifs is 24. The molecule has 0 aliphatic carbocycles. The normalized spacial score (nSPS) is 12.6. The van der Waals surface area contributed by atoms with Gasteiger partial charge in [0, 0.05) is 91.5 Å². The molecule has 12 aromatic carbocycles. The molecule has 0 aliphatic heterocycles. The summed E-state index contributed by atoms with van der Waals surface area (Å²) in [6.07, 6.45) is 0. The van der Waals surface area contributed by atoms with Crippen LogP contribution in [-0.2, 0) is 0 Å². The lowest BCUT2D eigenvalue weighted by atomic mass is 9.96. The highest BCUT2D eigenvalue weighted by Gasteiger charge is 2.30. The molecular weight excluding hydrogens is 1680 g/mol. The maximum Gasteiger partial charge on any atom is 0.265 e. The van der Waals surface area contributed by atoms with Crippen molar-refractivity contribution in [1.29, 1.82) is 0 Å². The monoisotopic (exact) mass is 1700 g/mol. The number of imidazole rings is 6. The fourth-order valence-electron chi connectivity index (χ4n) is 16.2. The number of para-hydroxylation sites is 12. The van der Waals surface area contributed by atoms with Gasteiger partial charge in [-0.05, 0) is 205 Å². The molecule has 12 heterocycles. The van der Waals surface area contributed by atoms with Crippen molar-refractivity contribution in [2.75, 3.05) is 0 Å². The number of rotatable bonds is 0. The molecule has 102 heavy (non-hydrogen) atoms. The first-order chi connectivity index (χ1) is 49.6. The lowest BCUT2D eigenvalue weighted by Gasteiger charge is -2.14. The molecule has 0 radical (unpaired) electrons. The van der Waals surface area contributed by atoms with Gasteiger partial charge in [-0.1, -0.05) is 72.8 Å². The van der Waals surface area contributed by atoms with E-state index in [9.17, 15) is 28.8 Å². The topological polar surface area (TPSA) is 206 Å². The van der Waals surface area contributed by atoms with Gasteiger partial charge in [-0.15, -0.1) is 0 Å². The van der Waals surface area contributed by atoms with E-state index in [0.717, 1.165) is 134 Å². The molecule has 18 nitrogen and oxygen atoms in total. The summed E-state index contributed by atoms with van der Waals surface area (Å²) in [4.78, 5) is 112. The van der Waals surface area contributed by atoms with E-state index < -0.39 is 0 Å². The van der Waals surface area contributed by atoms with Crippen LogP contribution in [0.4, 0.5) is 0 Å². The average molecular weight is 1710 g/mol. The van der Waals surface area contributed by atoms with E-state index in [1.54, 1.807) is 26.4 Å². The van der Waals surface area contributed by atoms with Crippen molar-refractivity contribution >= 4 is 293 Å². The highest BCUT2D eigenvalue weighted by atomic mass is 79.9. The van der Waals surface area contributed by atoms with Crippen LogP contribution in [0.1, 0.15) is 0 Å². The van der Waals surface area contributed by atoms with Gasteiger partial charge in [0.25, 0.3) is 33.4 Å². The second-order valence-corrected chi connectivity index (χ2v) is 30.4. The Hall–Kier alpha value is -10.9. The van der Waals surface area contributed by atoms with Crippen LogP contribution in [0.5, 0.6) is 0 Å². The number of halogens is 6. The van der Waals surface area contributed by atoms with Crippen molar-refractivity contribution in [1.82, 2.24) is 56.3 Å². The zero-order chi connectivity index (χ0) is 68.6. The minimum absolute atomic E-state index is 0.164. The molecule has 0 fully saturated rings. The number of hydrogen-bond donors (Lipinski definition) is 0. The van der Waals surface area contributed by atoms with Gasteiger partial charge in [0.1, 0.15) is 33.9 Å². The van der Waals surface area contributed by atoms with Crippen LogP contribution >= 0.6 is 95.6 Å². The standard InChI is InChI=1S/3C26H10Br2N4O2/c27-13-10-12-20-19-11(25(33)31-17-7-3-1-5-15(17)29-23(31)21(13)19)9-14(28)22(20)24-30-16-6-2-4-8-18(16)32(24)26(12)34;27-13-10-12-19-11(23-29-15-5-1-3-7-17(15)31(23)25(12)33)9-14(28)21-22(19)20(13)24-30-16-6-2-4-8-18(16)32(24)26(21)34;27-13-9-11-19-20-12(24-30-16-6-2-4-8-18(16)32(24)26(34)22(13)20)10-14(28)21(19)25(33)31-17-7-3-1-5-15(17)29-23(11)31/h3*1-10H. The van der Waals surface area contributed by atoms with E-state index in [4.69, 9.17) is 29.9 Å². The van der Waals surface area contributed by atoms with Crippen LogP contribution in [0.25, 0.3) is 197 Å². The van der Waals surface area contributed by atoms with Gasteiger partial charge in [-0.3, -0.25) is 55.2 Å². The molecule has 0 saturated heterocycles. The highest BCUT2D eigenvalue weighted by molar-refractivity contribution is 9.11. The molecule has 0 saturated carbocycles. The fraction of sp³-hybridized carbons (Fsp3) is 0. The number of benzene rings is 12. The van der Waals surface area contributed by atoms with Gasteiger partial charge >= 0.3 is 0 Å². The Kier molecular flexibility index (Phi) is 11.8. The molecule has 480 valence electrons. The van der Waals surface area contributed by atoms with Crippen LogP contribution in [0.3, 0.4) is 0 Å². The Balaban J connectivity index is 0.0000000967. The van der Waals surface area contributed by atoms with Crippen molar-refractivity contribution in [2.24, 2.45) is 0 Å². The molecule has 0 unspecified atom stereocenters. The maximum absolute atomic E-state index is 13.9. The molecule has 0 bridgehead atoms. The Morgan fingerprint density at radius 3 is 0.706 bits per heavy atom. The summed E-state index contributed by atoms with van der Waals surface area (Å²) in [7, 11) is 0. The lowest BCUT2D eigenvalue weighted by Crippen LogP contribution is -2.17. The van der Waals surface area contributed by atoms with Gasteiger partial charge in [0.05, 0.1) is 98.5 Å². The fourth-order valence-corrected chi connectivity index (χ4v) is 19.8. The third-order valence-electron chi connectivity index (χ3n) is 20.2. The molecule has 0 aliphatic rings. The van der Waals surface area contributed by atoms with Crippen molar-refractivity contribution in [3.05, 3.63) is 271 Å². The summed E-state index contributed by atoms with van der Waals surface area (Å²) in [5, 5.41) is 12.3. The molecule has 0 spiro atoms. The van der Waals surface area contributed by atoms with Crippen LogP contribution < -0.4 is 33.4 Å². The second kappa shape index (κ2) is 20.5. The van der Waals surface area contributed by atoms with Crippen LogP contribution in [0.2, 0.25) is 0 Å². The number of nitrogens with zero attached hydrogens (tertiary/aromatic N) is 12. The minimum atomic E-state index is -0.176. The van der Waals surface area contributed by atoms with Crippen LogP contribution in [-0.4, -0.2) is 56.3 Å². The Labute approximate surface area is 614 Å². The molecule has 0 amide bonds. The average Bonchev–Trinajstić information content (AvgIpc) is 1.27. The summed E-state index contributed by atoms with van der Waals surface area (Å²) in [5.41, 5.74) is 11.4. The van der Waals surface area contributed by atoms with E-state index in [-0.39, 0.29) is 33.4 Å². The van der Waals surface area contributed by atoms with Crippen LogP contribution in [0, 0.1) is 0 Å². The second-order valence-electron chi connectivity index (χ2n) is 25.3. The molecular formula is C78H30Br6N12O6. The molecule has 12 aromatic heterocycles. The van der Waals surface area contributed by atoms with E-state index in [0.29, 0.717) is 89.5 Å². The Morgan fingerprint density at radius 1 is 0.196 bits per heavy atom. The number of aromatic nitrogens is 12. The van der Waals surface area contributed by atoms with Gasteiger partial charge in [0.15, 0.2) is 0 Å². The molecule has 24 heteroatoms. The first-order valence-corrected chi connectivity index (χ1v) is 36.5. The van der Waals surface area contributed by atoms with E-state index in [1.165, 1.54) is 0 Å². The number of hydrogen-bond acceptors (Lipinski definition) is 12. The maximum atomic E-state index is 13.9. The van der Waals surface area contributed by atoms with E-state index >= 15 is 0 Å². The van der Waals surface area contributed by atoms with Crippen molar-refractivity contribution < 1.29 is 0 Å². The zero-order valence-corrected chi connectivity index (χ0v) is 60.9. The Morgan fingerprint density at radius 2 is 0.392 bits per heavy atom. The van der Waals surface area contributed by atoms with Crippen molar-refractivity contribution in [2.45, 2.75) is 0 Å². The zero-order valence-electron chi connectivity index (χ0n) is 51.4. The van der Waals surface area contributed by atoms with Crippen molar-refractivity contribution in [3.8, 4) is 0 Å². The first-order valence-electron chi connectivity index (χ1n) is 31.7. The SMILES string of the molecule is O=c1c2c(Br)cc3c4c(c(Br)cc(c24)c2nc4ccccc4n12)c(=O)n1c2ccccc2nc31.O=c1c2cc(Br)c3c4c(c(Br)cc(c24)c2nc4ccccc4n12)c(=O)n1c2ccccc2nc31.O=c1c2cc(Br)c3c4c(cc(Br)c(c24)c2nc4ccccc4n12)c(=O)n1c2ccccc2nc31. The first kappa shape index (κ1) is 58.9. The predicted octanol–water partition coefficient (Wildman–Crippen LogP) is 17.6. The Bertz CT molecular complexity index is 8120. The van der Waals surface area contributed by atoms with E-state index in [2.05, 4.69) is 95.6 Å². The molecule has 0 N–H and O–H groups in total. The summed E-state index contributed by atoms with van der Waals surface area (Å²) in [6.45, 7) is 0. The summed E-state index contributed by atoms with van der Waals surface area (Å²) < 4.78 is 14.1. The van der Waals surface area contributed by atoms with Gasteiger partial charge in [0.2, 0.25) is 0 Å². The van der Waals surface area contributed by atoms with Gasteiger partial charge < -0.3 is 0 Å².